The topological polar surface area (TPSA) is 216 Å². The summed E-state index contributed by atoms with van der Waals surface area (Å²) in [7, 11) is -5.11. The number of aromatic amines is 1. The third-order valence-electron chi connectivity index (χ3n) is 11.0. The number of carbonyl (C=O) groups excluding carboxylic acids is 2. The molecule has 2 rings (SSSR count). The van der Waals surface area contributed by atoms with Gasteiger partial charge in [0.15, 0.2) is 12.3 Å². The standard InChI is InChI=1S/C44H79N2O13P/c1-3-5-7-9-11-13-15-17-19-21-23-25-27-29-39(48)55-33-36(58-40(49)30-28-26-24-22-20-18-16-14-12-10-8-6-4-2)34-56-60(53,54)57-35-37-41(50)42(51)43(59-37)46-32-31-38(47)45-44(46)52/h31-32,36-37,41-43,50-51H,3-30,33-35H2,1-2H3,(H,53,54)(H,45,47,52)/p-1/t36-,37+,41+,42+,43+/m0/s1. The summed E-state index contributed by atoms with van der Waals surface area (Å²) in [4.78, 5) is 63.7. The fourth-order valence-electron chi connectivity index (χ4n) is 7.29. The van der Waals surface area contributed by atoms with Gasteiger partial charge in [-0.2, -0.15) is 0 Å². The number of carbonyl (C=O) groups is 2. The van der Waals surface area contributed by atoms with Crippen LogP contribution in [0.15, 0.2) is 21.9 Å². The zero-order valence-electron chi connectivity index (χ0n) is 36.7. The minimum absolute atomic E-state index is 0.117. The van der Waals surface area contributed by atoms with Crippen molar-refractivity contribution in [2.45, 2.75) is 224 Å². The van der Waals surface area contributed by atoms with Gasteiger partial charge >= 0.3 is 17.6 Å². The fraction of sp³-hybridized carbons (Fsp3) is 0.864. The van der Waals surface area contributed by atoms with Gasteiger partial charge in [-0.15, -0.1) is 0 Å². The van der Waals surface area contributed by atoms with E-state index >= 15 is 0 Å². The first-order chi connectivity index (χ1) is 29.0. The number of aliphatic hydroxyl groups is 2. The van der Waals surface area contributed by atoms with Crippen molar-refractivity contribution in [3.63, 3.8) is 0 Å². The second-order valence-electron chi connectivity index (χ2n) is 16.4. The number of H-pyrrole nitrogens is 1. The lowest BCUT2D eigenvalue weighted by Gasteiger charge is -2.27. The molecule has 1 aliphatic rings. The largest absolute Gasteiger partial charge is 0.756 e. The highest BCUT2D eigenvalue weighted by Crippen LogP contribution is 2.40. The van der Waals surface area contributed by atoms with E-state index in [2.05, 4.69) is 13.8 Å². The number of aromatic nitrogens is 2. The number of ether oxygens (including phenoxy) is 3. The minimum Gasteiger partial charge on any atom is -0.756 e. The van der Waals surface area contributed by atoms with E-state index < -0.39 is 81.5 Å². The first kappa shape index (κ1) is 53.7. The van der Waals surface area contributed by atoms with Gasteiger partial charge in [-0.25, -0.2) is 4.79 Å². The Morgan fingerprint density at radius 2 is 1.15 bits per heavy atom. The van der Waals surface area contributed by atoms with Crippen molar-refractivity contribution in [1.29, 1.82) is 0 Å². The van der Waals surface area contributed by atoms with Crippen LogP contribution < -0.4 is 16.1 Å². The molecule has 0 bridgehead atoms. The molecular formula is C44H78N2O13P-. The van der Waals surface area contributed by atoms with Crippen LogP contribution in [-0.4, -0.2) is 75.9 Å². The number of esters is 2. The summed E-state index contributed by atoms with van der Waals surface area (Å²) in [5, 5.41) is 20.9. The average molecular weight is 874 g/mol. The Hall–Kier alpha value is -2.39. The van der Waals surface area contributed by atoms with Gasteiger partial charge in [-0.1, -0.05) is 168 Å². The zero-order valence-corrected chi connectivity index (χ0v) is 37.6. The predicted octanol–water partition coefficient (Wildman–Crippen LogP) is 8.08. The van der Waals surface area contributed by atoms with Gasteiger partial charge in [-0.05, 0) is 12.8 Å². The van der Waals surface area contributed by atoms with E-state index in [0.29, 0.717) is 12.8 Å². The van der Waals surface area contributed by atoms with Crippen molar-refractivity contribution in [2.24, 2.45) is 0 Å². The monoisotopic (exact) mass is 874 g/mol. The molecule has 2 heterocycles. The van der Waals surface area contributed by atoms with Crippen LogP contribution in [0, 0.1) is 0 Å². The van der Waals surface area contributed by atoms with Crippen LogP contribution in [0.25, 0.3) is 0 Å². The molecule has 1 aliphatic heterocycles. The molecule has 16 heteroatoms. The number of rotatable bonds is 38. The molecule has 60 heavy (non-hydrogen) atoms. The van der Waals surface area contributed by atoms with Gasteiger partial charge in [0.2, 0.25) is 0 Å². The lowest BCUT2D eigenvalue weighted by Crippen LogP contribution is -2.37. The molecule has 348 valence electrons. The third kappa shape index (κ3) is 24.9. The molecule has 1 fully saturated rings. The van der Waals surface area contributed by atoms with Gasteiger partial charge in [0, 0.05) is 25.1 Å². The second kappa shape index (κ2) is 33.2. The number of nitrogens with one attached hydrogen (secondary N) is 1. The molecule has 6 atom stereocenters. The molecule has 1 aromatic rings. The summed E-state index contributed by atoms with van der Waals surface area (Å²) < 4.78 is 39.9. The Labute approximate surface area is 358 Å². The highest BCUT2D eigenvalue weighted by Gasteiger charge is 2.44. The fourth-order valence-corrected chi connectivity index (χ4v) is 8.05. The molecule has 3 N–H and O–H groups in total. The molecule has 0 aromatic carbocycles. The first-order valence-electron chi connectivity index (χ1n) is 23.3. The van der Waals surface area contributed by atoms with Crippen molar-refractivity contribution in [2.75, 3.05) is 19.8 Å². The molecule has 0 saturated carbocycles. The van der Waals surface area contributed by atoms with E-state index in [4.69, 9.17) is 23.3 Å². The first-order valence-corrected chi connectivity index (χ1v) is 24.7. The van der Waals surface area contributed by atoms with E-state index in [1.165, 1.54) is 116 Å². The number of phosphoric acid groups is 1. The number of hydrogen-bond donors (Lipinski definition) is 3. The molecule has 0 radical (unpaired) electrons. The maximum Gasteiger partial charge on any atom is 0.330 e. The third-order valence-corrected chi connectivity index (χ3v) is 11.9. The summed E-state index contributed by atoms with van der Waals surface area (Å²) in [6.07, 6.45) is 24.3. The van der Waals surface area contributed by atoms with Crippen molar-refractivity contribution in [3.05, 3.63) is 33.1 Å². The van der Waals surface area contributed by atoms with Crippen molar-refractivity contribution in [3.8, 4) is 0 Å². The van der Waals surface area contributed by atoms with Crippen molar-refractivity contribution >= 4 is 19.8 Å². The maximum absolute atomic E-state index is 12.8. The zero-order chi connectivity index (χ0) is 43.9. The van der Waals surface area contributed by atoms with E-state index in [1.54, 1.807) is 0 Å². The number of unbranched alkanes of at least 4 members (excludes halogenated alkanes) is 24. The van der Waals surface area contributed by atoms with Gasteiger partial charge in [0.1, 0.15) is 24.9 Å². The maximum atomic E-state index is 12.8. The number of phosphoric ester groups is 1. The van der Waals surface area contributed by atoms with Crippen LogP contribution in [0.5, 0.6) is 0 Å². The Kier molecular flexibility index (Phi) is 29.7. The lowest BCUT2D eigenvalue weighted by molar-refractivity contribution is -0.231. The molecule has 1 unspecified atom stereocenters. The highest BCUT2D eigenvalue weighted by molar-refractivity contribution is 7.45. The van der Waals surface area contributed by atoms with Gasteiger partial charge in [0.25, 0.3) is 13.4 Å². The number of hydrogen-bond acceptors (Lipinski definition) is 13. The van der Waals surface area contributed by atoms with Crippen molar-refractivity contribution in [1.82, 2.24) is 9.55 Å². The average Bonchev–Trinajstić information content (AvgIpc) is 3.50. The summed E-state index contributed by atoms with van der Waals surface area (Å²) in [5.74, 6) is -1.06. The summed E-state index contributed by atoms with van der Waals surface area (Å²) in [6.45, 7) is 2.57. The van der Waals surface area contributed by atoms with Crippen LogP contribution in [0.3, 0.4) is 0 Å². The highest BCUT2D eigenvalue weighted by atomic mass is 31.2. The van der Waals surface area contributed by atoms with Crippen LogP contribution in [0.4, 0.5) is 0 Å². The Morgan fingerprint density at radius 1 is 0.700 bits per heavy atom. The SMILES string of the molecule is CCCCCCCCCCCCCCCC(=O)OC[C@@H](COP(=O)([O-])OC[C@H]1O[C@@H](n2ccc(=O)[nH]c2=O)[C@H](O)[C@@H]1O)OC(=O)CCCCCCCCCCCCCCC. The molecule has 15 nitrogen and oxygen atoms in total. The van der Waals surface area contributed by atoms with Crippen molar-refractivity contribution < 1.29 is 52.5 Å². The molecule has 1 saturated heterocycles. The van der Waals surface area contributed by atoms with Gasteiger partial charge in [0.05, 0.1) is 13.2 Å². The normalized spacial score (nSPS) is 19.3. The summed E-state index contributed by atoms with van der Waals surface area (Å²) in [5.41, 5.74) is -1.58. The quantitative estimate of drug-likeness (QED) is 0.0326. The summed E-state index contributed by atoms with van der Waals surface area (Å²) in [6, 6.07) is 1.02. The smallest absolute Gasteiger partial charge is 0.330 e. The molecular weight excluding hydrogens is 795 g/mol. The number of aliphatic hydroxyl groups excluding tert-OH is 2. The van der Waals surface area contributed by atoms with E-state index in [1.807, 2.05) is 4.98 Å². The predicted molar refractivity (Wildman–Crippen MR) is 228 cm³/mol. The van der Waals surface area contributed by atoms with Crippen LogP contribution in [0.1, 0.15) is 200 Å². The van der Waals surface area contributed by atoms with E-state index in [-0.39, 0.29) is 12.8 Å². The van der Waals surface area contributed by atoms with Gasteiger partial charge < -0.3 is 38.4 Å². The van der Waals surface area contributed by atoms with Gasteiger partial charge in [-0.3, -0.25) is 28.5 Å². The minimum atomic E-state index is -5.11. The summed E-state index contributed by atoms with van der Waals surface area (Å²) >= 11 is 0. The Morgan fingerprint density at radius 3 is 1.62 bits per heavy atom. The van der Waals surface area contributed by atoms with Crippen LogP contribution >= 0.6 is 7.82 Å². The molecule has 0 aliphatic carbocycles. The van der Waals surface area contributed by atoms with Crippen LogP contribution in [0.2, 0.25) is 0 Å². The Bertz CT molecular complexity index is 1440. The number of nitrogens with zero attached hydrogens (tertiary/aromatic N) is 1. The molecule has 0 spiro atoms. The molecule has 0 amide bonds. The lowest BCUT2D eigenvalue weighted by atomic mass is 10.0. The molecule has 1 aromatic heterocycles. The second-order valence-corrected chi connectivity index (χ2v) is 17.8. The Balaban J connectivity index is 1.77. The van der Waals surface area contributed by atoms with E-state index in [0.717, 1.165) is 55.4 Å². The van der Waals surface area contributed by atoms with Crippen LogP contribution in [-0.2, 0) is 37.4 Å². The van der Waals surface area contributed by atoms with E-state index in [9.17, 15) is 38.8 Å².